The molecule has 1 heterocycles. The second-order valence-corrected chi connectivity index (χ2v) is 4.40. The van der Waals surface area contributed by atoms with E-state index < -0.39 is 0 Å². The van der Waals surface area contributed by atoms with Crippen LogP contribution in [0.1, 0.15) is 0 Å². The molecule has 0 aliphatic carbocycles. The van der Waals surface area contributed by atoms with E-state index in [1.807, 2.05) is 24.3 Å². The Kier molecular flexibility index (Phi) is 3.05. The minimum atomic E-state index is -0.297. The zero-order chi connectivity index (χ0) is 9.97. The van der Waals surface area contributed by atoms with E-state index in [0.29, 0.717) is 6.54 Å². The SMILES string of the molecule is O[C@@H]1CNC[C@H]1Nc1cccc(Br)c1. The molecule has 0 bridgehead atoms. The Morgan fingerprint density at radius 1 is 1.43 bits per heavy atom. The summed E-state index contributed by atoms with van der Waals surface area (Å²) in [6.45, 7) is 1.49. The van der Waals surface area contributed by atoms with Gasteiger partial charge in [0.25, 0.3) is 0 Å². The van der Waals surface area contributed by atoms with E-state index in [0.717, 1.165) is 16.7 Å². The summed E-state index contributed by atoms with van der Waals surface area (Å²) in [6, 6.07) is 8.07. The minimum absolute atomic E-state index is 0.115. The number of benzene rings is 1. The van der Waals surface area contributed by atoms with Crippen molar-refractivity contribution in [1.82, 2.24) is 5.32 Å². The van der Waals surface area contributed by atoms with Crippen molar-refractivity contribution in [2.45, 2.75) is 12.1 Å². The highest BCUT2D eigenvalue weighted by Gasteiger charge is 2.24. The Bertz CT molecular complexity index is 319. The maximum absolute atomic E-state index is 9.58. The Hall–Kier alpha value is -0.580. The fourth-order valence-electron chi connectivity index (χ4n) is 1.60. The molecule has 0 aromatic heterocycles. The van der Waals surface area contributed by atoms with Gasteiger partial charge in [0.2, 0.25) is 0 Å². The number of aliphatic hydroxyl groups is 1. The third-order valence-electron chi connectivity index (χ3n) is 2.36. The molecule has 4 heteroatoms. The third-order valence-corrected chi connectivity index (χ3v) is 2.85. The third kappa shape index (κ3) is 2.26. The standard InChI is InChI=1S/C10H13BrN2O/c11-7-2-1-3-8(4-7)13-9-5-12-6-10(9)14/h1-4,9-10,12-14H,5-6H2/t9-,10-/m1/s1. The first kappa shape index (κ1) is 9.96. The van der Waals surface area contributed by atoms with E-state index in [4.69, 9.17) is 0 Å². The quantitative estimate of drug-likeness (QED) is 0.745. The lowest BCUT2D eigenvalue weighted by molar-refractivity contribution is 0.185. The number of halogens is 1. The van der Waals surface area contributed by atoms with Crippen molar-refractivity contribution in [2.75, 3.05) is 18.4 Å². The summed E-state index contributed by atoms with van der Waals surface area (Å²) in [6.07, 6.45) is -0.297. The zero-order valence-corrected chi connectivity index (χ0v) is 9.29. The minimum Gasteiger partial charge on any atom is -0.390 e. The molecule has 0 unspecified atom stereocenters. The molecule has 1 fully saturated rings. The fraction of sp³-hybridized carbons (Fsp3) is 0.400. The lowest BCUT2D eigenvalue weighted by Crippen LogP contribution is -2.31. The summed E-state index contributed by atoms with van der Waals surface area (Å²) >= 11 is 3.41. The van der Waals surface area contributed by atoms with Crippen LogP contribution in [0.25, 0.3) is 0 Å². The second kappa shape index (κ2) is 4.29. The van der Waals surface area contributed by atoms with Crippen LogP contribution in [0.4, 0.5) is 5.69 Å². The Balaban J connectivity index is 2.03. The predicted molar refractivity (Wildman–Crippen MR) is 60.4 cm³/mol. The summed E-state index contributed by atoms with van der Waals surface area (Å²) in [5.41, 5.74) is 1.03. The van der Waals surface area contributed by atoms with Crippen LogP contribution in [0.5, 0.6) is 0 Å². The van der Waals surface area contributed by atoms with Crippen LogP contribution in [-0.2, 0) is 0 Å². The van der Waals surface area contributed by atoms with Crippen LogP contribution >= 0.6 is 15.9 Å². The van der Waals surface area contributed by atoms with Gasteiger partial charge in [-0.25, -0.2) is 0 Å². The van der Waals surface area contributed by atoms with Gasteiger partial charge >= 0.3 is 0 Å². The Morgan fingerprint density at radius 3 is 2.93 bits per heavy atom. The molecule has 0 radical (unpaired) electrons. The van der Waals surface area contributed by atoms with Crippen LogP contribution in [0.15, 0.2) is 28.7 Å². The van der Waals surface area contributed by atoms with Crippen LogP contribution in [0, 0.1) is 0 Å². The summed E-state index contributed by atoms with van der Waals surface area (Å²) in [4.78, 5) is 0. The summed E-state index contributed by atoms with van der Waals surface area (Å²) in [7, 11) is 0. The Labute approximate surface area is 91.6 Å². The van der Waals surface area contributed by atoms with E-state index in [1.165, 1.54) is 0 Å². The number of hydrogen-bond acceptors (Lipinski definition) is 3. The molecule has 0 amide bonds. The van der Waals surface area contributed by atoms with Gasteiger partial charge in [0, 0.05) is 23.2 Å². The van der Waals surface area contributed by atoms with Crippen LogP contribution in [0.3, 0.4) is 0 Å². The molecule has 3 nitrogen and oxygen atoms in total. The van der Waals surface area contributed by atoms with Gasteiger partial charge in [-0.1, -0.05) is 22.0 Å². The number of aliphatic hydroxyl groups excluding tert-OH is 1. The molecule has 0 saturated carbocycles. The van der Waals surface area contributed by atoms with Crippen molar-refractivity contribution < 1.29 is 5.11 Å². The molecule has 1 aromatic carbocycles. The number of hydrogen-bond donors (Lipinski definition) is 3. The monoisotopic (exact) mass is 256 g/mol. The average molecular weight is 257 g/mol. The molecule has 1 aliphatic heterocycles. The van der Waals surface area contributed by atoms with Gasteiger partial charge in [-0.2, -0.15) is 0 Å². The van der Waals surface area contributed by atoms with E-state index in [1.54, 1.807) is 0 Å². The van der Waals surface area contributed by atoms with Gasteiger partial charge in [0.05, 0.1) is 12.1 Å². The van der Waals surface area contributed by atoms with E-state index >= 15 is 0 Å². The molecular formula is C10H13BrN2O. The number of nitrogens with one attached hydrogen (secondary N) is 2. The first-order valence-corrected chi connectivity index (χ1v) is 5.46. The molecule has 0 spiro atoms. The van der Waals surface area contributed by atoms with Gasteiger partial charge in [0.1, 0.15) is 0 Å². The molecule has 2 rings (SSSR count). The lowest BCUT2D eigenvalue weighted by atomic mass is 10.2. The normalized spacial score (nSPS) is 26.4. The molecule has 14 heavy (non-hydrogen) atoms. The van der Waals surface area contributed by atoms with Crippen molar-refractivity contribution in [1.29, 1.82) is 0 Å². The van der Waals surface area contributed by atoms with Gasteiger partial charge < -0.3 is 15.7 Å². The Morgan fingerprint density at radius 2 is 2.29 bits per heavy atom. The van der Waals surface area contributed by atoms with Crippen LogP contribution < -0.4 is 10.6 Å². The van der Waals surface area contributed by atoms with Crippen LogP contribution in [0.2, 0.25) is 0 Å². The average Bonchev–Trinajstić information content (AvgIpc) is 2.52. The van der Waals surface area contributed by atoms with Gasteiger partial charge in [-0.05, 0) is 18.2 Å². The van der Waals surface area contributed by atoms with Gasteiger partial charge in [-0.3, -0.25) is 0 Å². The zero-order valence-electron chi connectivity index (χ0n) is 7.70. The van der Waals surface area contributed by atoms with Crippen molar-refractivity contribution in [2.24, 2.45) is 0 Å². The van der Waals surface area contributed by atoms with E-state index in [2.05, 4.69) is 26.6 Å². The molecule has 1 aliphatic rings. The van der Waals surface area contributed by atoms with Gasteiger partial charge in [0.15, 0.2) is 0 Å². The van der Waals surface area contributed by atoms with E-state index in [9.17, 15) is 5.11 Å². The number of β-amino-alcohol motifs (C(OH)–C–C–N with tert-alkyl or cyclic N) is 1. The number of anilines is 1. The van der Waals surface area contributed by atoms with Crippen LogP contribution in [-0.4, -0.2) is 30.3 Å². The fourth-order valence-corrected chi connectivity index (χ4v) is 2.00. The highest BCUT2D eigenvalue weighted by atomic mass is 79.9. The maximum Gasteiger partial charge on any atom is 0.0877 e. The number of rotatable bonds is 2. The van der Waals surface area contributed by atoms with E-state index in [-0.39, 0.29) is 12.1 Å². The largest absolute Gasteiger partial charge is 0.390 e. The highest BCUT2D eigenvalue weighted by Crippen LogP contribution is 2.17. The highest BCUT2D eigenvalue weighted by molar-refractivity contribution is 9.10. The second-order valence-electron chi connectivity index (χ2n) is 3.49. The topological polar surface area (TPSA) is 44.3 Å². The van der Waals surface area contributed by atoms with Crippen molar-refractivity contribution in [3.05, 3.63) is 28.7 Å². The van der Waals surface area contributed by atoms with Crippen molar-refractivity contribution >= 4 is 21.6 Å². The lowest BCUT2D eigenvalue weighted by Gasteiger charge is -2.16. The first-order valence-electron chi connectivity index (χ1n) is 4.66. The molecule has 1 aromatic rings. The summed E-state index contributed by atoms with van der Waals surface area (Å²) in [5.74, 6) is 0. The molecule has 1 saturated heterocycles. The van der Waals surface area contributed by atoms with Gasteiger partial charge in [-0.15, -0.1) is 0 Å². The summed E-state index contributed by atoms with van der Waals surface area (Å²) < 4.78 is 1.04. The smallest absolute Gasteiger partial charge is 0.0877 e. The first-order chi connectivity index (χ1) is 6.75. The summed E-state index contributed by atoms with van der Waals surface area (Å²) in [5, 5.41) is 16.0. The molecule has 2 atom stereocenters. The molecular weight excluding hydrogens is 244 g/mol. The predicted octanol–water partition coefficient (Wildman–Crippen LogP) is 1.19. The molecule has 76 valence electrons. The molecule has 3 N–H and O–H groups in total. The maximum atomic E-state index is 9.58. The van der Waals surface area contributed by atoms with Crippen molar-refractivity contribution in [3.63, 3.8) is 0 Å². The van der Waals surface area contributed by atoms with Crippen molar-refractivity contribution in [3.8, 4) is 0 Å².